The molecular weight excluding hydrogens is 342 g/mol. The number of para-hydroxylation sites is 1. The molecule has 0 aliphatic carbocycles. The number of nitrogens with one attached hydrogen (secondary N) is 3. The van der Waals surface area contributed by atoms with Gasteiger partial charge < -0.3 is 21.1 Å². The van der Waals surface area contributed by atoms with E-state index in [-0.39, 0.29) is 12.3 Å². The van der Waals surface area contributed by atoms with Crippen LogP contribution in [0.15, 0.2) is 54.6 Å². The normalized spacial score (nSPS) is 11.6. The molecule has 2 aromatic carbocycles. The lowest BCUT2D eigenvalue weighted by molar-refractivity contribution is -0.141. The number of unbranched alkanes of at least 4 members (excludes halogenated alkanes) is 2. The van der Waals surface area contributed by atoms with Gasteiger partial charge in [-0.1, -0.05) is 38.0 Å². The third-order valence-corrected chi connectivity index (χ3v) is 4.09. The first-order valence-corrected chi connectivity index (χ1v) is 9.26. The first-order chi connectivity index (χ1) is 13.1. The van der Waals surface area contributed by atoms with Crippen LogP contribution in [0.1, 0.15) is 32.6 Å². The Kier molecular flexibility index (Phi) is 8.32. The summed E-state index contributed by atoms with van der Waals surface area (Å²) in [4.78, 5) is 23.5. The summed E-state index contributed by atoms with van der Waals surface area (Å²) in [6, 6.07) is 16.2. The van der Waals surface area contributed by atoms with Crippen molar-refractivity contribution in [2.24, 2.45) is 0 Å². The number of hydrogen-bond acceptors (Lipinski definition) is 4. The van der Waals surface area contributed by atoms with Crippen molar-refractivity contribution in [2.45, 2.75) is 38.6 Å². The zero-order chi connectivity index (χ0) is 19.5. The zero-order valence-electron chi connectivity index (χ0n) is 15.6. The molecule has 0 heterocycles. The Bertz CT molecular complexity index is 717. The van der Waals surface area contributed by atoms with E-state index in [0.717, 1.165) is 30.6 Å². The topological polar surface area (TPSA) is 90.5 Å². The molecule has 2 aromatic rings. The van der Waals surface area contributed by atoms with Gasteiger partial charge in [0.15, 0.2) is 0 Å². The number of anilines is 3. The fourth-order valence-corrected chi connectivity index (χ4v) is 2.62. The van der Waals surface area contributed by atoms with Gasteiger partial charge >= 0.3 is 5.97 Å². The molecular formula is C21H27N3O3. The van der Waals surface area contributed by atoms with Crippen LogP contribution in [0.2, 0.25) is 0 Å². The molecule has 0 bridgehead atoms. The lowest BCUT2D eigenvalue weighted by Gasteiger charge is -2.14. The van der Waals surface area contributed by atoms with E-state index in [0.29, 0.717) is 12.2 Å². The summed E-state index contributed by atoms with van der Waals surface area (Å²) in [6.07, 6.45) is 2.90. The van der Waals surface area contributed by atoms with E-state index in [4.69, 9.17) is 0 Å². The maximum Gasteiger partial charge on any atom is 0.321 e. The predicted octanol–water partition coefficient (Wildman–Crippen LogP) is 3.99. The second kappa shape index (κ2) is 11.0. The Hall–Kier alpha value is -2.86. The molecule has 0 fully saturated rings. The van der Waals surface area contributed by atoms with E-state index < -0.39 is 12.0 Å². The summed E-state index contributed by atoms with van der Waals surface area (Å²) >= 11 is 0. The van der Waals surface area contributed by atoms with Gasteiger partial charge in [-0.25, -0.2) is 0 Å². The molecule has 0 spiro atoms. The third-order valence-electron chi connectivity index (χ3n) is 4.09. The Labute approximate surface area is 160 Å². The van der Waals surface area contributed by atoms with Crippen molar-refractivity contribution < 1.29 is 14.7 Å². The van der Waals surface area contributed by atoms with E-state index in [2.05, 4.69) is 22.9 Å². The molecule has 0 aliphatic heterocycles. The average Bonchev–Trinajstić information content (AvgIpc) is 2.66. The number of hydrogen-bond donors (Lipinski definition) is 4. The Morgan fingerprint density at radius 3 is 2.19 bits per heavy atom. The smallest absolute Gasteiger partial charge is 0.321 e. The van der Waals surface area contributed by atoms with E-state index in [1.165, 1.54) is 0 Å². The first kappa shape index (κ1) is 20.5. The van der Waals surface area contributed by atoms with Crippen LogP contribution in [0.5, 0.6) is 0 Å². The monoisotopic (exact) mass is 369 g/mol. The van der Waals surface area contributed by atoms with Gasteiger partial charge in [0.05, 0.1) is 6.42 Å². The quantitative estimate of drug-likeness (QED) is 0.450. The van der Waals surface area contributed by atoms with Gasteiger partial charge in [0.1, 0.15) is 6.04 Å². The molecule has 144 valence electrons. The van der Waals surface area contributed by atoms with Crippen molar-refractivity contribution in [1.82, 2.24) is 5.32 Å². The highest BCUT2D eigenvalue weighted by molar-refractivity contribution is 5.94. The van der Waals surface area contributed by atoms with Crippen LogP contribution < -0.4 is 16.0 Å². The van der Waals surface area contributed by atoms with Gasteiger partial charge in [-0.3, -0.25) is 9.59 Å². The lowest BCUT2D eigenvalue weighted by atomic mass is 10.1. The SMILES string of the molecule is CCCCCNC(CC(=O)Nc1ccc(Nc2ccccc2)cc1)C(=O)O. The highest BCUT2D eigenvalue weighted by atomic mass is 16.4. The number of carboxylic acids is 1. The van der Waals surface area contributed by atoms with Crippen molar-refractivity contribution in [3.8, 4) is 0 Å². The molecule has 0 aromatic heterocycles. The Morgan fingerprint density at radius 2 is 1.56 bits per heavy atom. The van der Waals surface area contributed by atoms with E-state index in [9.17, 15) is 14.7 Å². The average molecular weight is 369 g/mol. The molecule has 1 atom stereocenters. The van der Waals surface area contributed by atoms with E-state index >= 15 is 0 Å². The fourth-order valence-electron chi connectivity index (χ4n) is 2.62. The molecule has 0 aliphatic rings. The summed E-state index contributed by atoms with van der Waals surface area (Å²) < 4.78 is 0. The maximum atomic E-state index is 12.2. The number of aliphatic carboxylic acids is 1. The molecule has 1 amide bonds. The number of rotatable bonds is 11. The van der Waals surface area contributed by atoms with Crippen LogP contribution in [-0.4, -0.2) is 29.6 Å². The molecule has 0 saturated carbocycles. The maximum absolute atomic E-state index is 12.2. The number of carbonyl (C=O) groups excluding carboxylic acids is 1. The second-order valence-corrected chi connectivity index (χ2v) is 6.37. The molecule has 2 rings (SSSR count). The molecule has 1 unspecified atom stereocenters. The largest absolute Gasteiger partial charge is 0.480 e. The van der Waals surface area contributed by atoms with Gasteiger partial charge in [0.2, 0.25) is 5.91 Å². The zero-order valence-corrected chi connectivity index (χ0v) is 15.6. The summed E-state index contributed by atoms with van der Waals surface area (Å²) in [5, 5.41) is 18.2. The van der Waals surface area contributed by atoms with Gasteiger partial charge in [-0.15, -0.1) is 0 Å². The van der Waals surface area contributed by atoms with Crippen molar-refractivity contribution in [3.05, 3.63) is 54.6 Å². The highest BCUT2D eigenvalue weighted by Crippen LogP contribution is 2.18. The van der Waals surface area contributed by atoms with Crippen molar-refractivity contribution in [2.75, 3.05) is 17.2 Å². The Morgan fingerprint density at radius 1 is 0.926 bits per heavy atom. The van der Waals surface area contributed by atoms with Gasteiger partial charge in [0.25, 0.3) is 0 Å². The molecule has 4 N–H and O–H groups in total. The van der Waals surface area contributed by atoms with E-state index in [1.54, 1.807) is 12.1 Å². The lowest BCUT2D eigenvalue weighted by Crippen LogP contribution is -2.40. The van der Waals surface area contributed by atoms with Crippen LogP contribution in [0.3, 0.4) is 0 Å². The second-order valence-electron chi connectivity index (χ2n) is 6.37. The minimum Gasteiger partial charge on any atom is -0.480 e. The first-order valence-electron chi connectivity index (χ1n) is 9.26. The van der Waals surface area contributed by atoms with Crippen LogP contribution in [0.25, 0.3) is 0 Å². The van der Waals surface area contributed by atoms with Crippen molar-refractivity contribution in [1.29, 1.82) is 0 Å². The van der Waals surface area contributed by atoms with Crippen molar-refractivity contribution in [3.63, 3.8) is 0 Å². The standard InChI is InChI=1S/C21H27N3O3/c1-2-3-7-14-22-19(21(26)27)15-20(25)24-18-12-10-17(11-13-18)23-16-8-5-4-6-9-16/h4-6,8-13,19,22-23H,2-3,7,14-15H2,1H3,(H,24,25)(H,26,27). The van der Waals surface area contributed by atoms with Crippen LogP contribution in [-0.2, 0) is 9.59 Å². The minimum atomic E-state index is -1.01. The van der Waals surface area contributed by atoms with Gasteiger partial charge in [-0.05, 0) is 49.4 Å². The molecule has 6 heteroatoms. The molecule has 6 nitrogen and oxygen atoms in total. The fraction of sp³-hybridized carbons (Fsp3) is 0.333. The predicted molar refractivity (Wildman–Crippen MR) is 108 cm³/mol. The summed E-state index contributed by atoms with van der Waals surface area (Å²) in [5.74, 6) is -1.33. The van der Waals surface area contributed by atoms with Gasteiger partial charge in [0, 0.05) is 17.1 Å². The van der Waals surface area contributed by atoms with Crippen molar-refractivity contribution >= 4 is 28.9 Å². The Balaban J connectivity index is 1.84. The molecule has 0 saturated heterocycles. The minimum absolute atomic E-state index is 0.106. The van der Waals surface area contributed by atoms with Gasteiger partial charge in [-0.2, -0.15) is 0 Å². The number of carboxylic acid groups (broad SMARTS) is 1. The summed E-state index contributed by atoms with van der Waals surface area (Å²) in [7, 11) is 0. The number of carbonyl (C=O) groups is 2. The highest BCUT2D eigenvalue weighted by Gasteiger charge is 2.20. The van der Waals surface area contributed by atoms with Crippen LogP contribution >= 0.6 is 0 Å². The summed E-state index contributed by atoms with van der Waals surface area (Å²) in [5.41, 5.74) is 2.52. The van der Waals surface area contributed by atoms with E-state index in [1.807, 2.05) is 42.5 Å². The molecule has 27 heavy (non-hydrogen) atoms. The van der Waals surface area contributed by atoms with Crippen LogP contribution in [0, 0.1) is 0 Å². The van der Waals surface area contributed by atoms with Crippen LogP contribution in [0.4, 0.5) is 17.1 Å². The number of benzene rings is 2. The molecule has 0 radical (unpaired) electrons. The third kappa shape index (κ3) is 7.50. The number of amides is 1. The summed E-state index contributed by atoms with van der Waals surface area (Å²) in [6.45, 7) is 2.68.